The van der Waals surface area contributed by atoms with Gasteiger partial charge in [-0.15, -0.1) is 0 Å². The number of rotatable bonds is 5. The van der Waals surface area contributed by atoms with E-state index in [1.807, 2.05) is 0 Å². The van der Waals surface area contributed by atoms with Crippen molar-refractivity contribution in [1.82, 2.24) is 9.97 Å². The van der Waals surface area contributed by atoms with Crippen LogP contribution in [0.5, 0.6) is 0 Å². The summed E-state index contributed by atoms with van der Waals surface area (Å²) >= 11 is 0. The van der Waals surface area contributed by atoms with E-state index in [0.29, 0.717) is 11.6 Å². The highest BCUT2D eigenvalue weighted by Gasteiger charge is 2.37. The summed E-state index contributed by atoms with van der Waals surface area (Å²) in [6, 6.07) is 4.49. The molecule has 0 spiro atoms. The third-order valence-corrected chi connectivity index (χ3v) is 6.74. The zero-order valence-corrected chi connectivity index (χ0v) is 18.3. The monoisotopic (exact) mass is 473 g/mol. The number of nitrogens with one attached hydrogen (secondary N) is 1. The number of aromatic nitrogens is 2. The molecule has 2 aromatic heterocycles. The molecule has 178 valence electrons. The molecular weight excluding hydrogens is 450 g/mol. The third-order valence-electron chi connectivity index (χ3n) is 6.74. The van der Waals surface area contributed by atoms with Gasteiger partial charge in [-0.25, -0.2) is 22.5 Å². The second-order valence-corrected chi connectivity index (χ2v) is 9.02. The van der Waals surface area contributed by atoms with E-state index in [2.05, 4.69) is 15.3 Å². The van der Waals surface area contributed by atoms with Gasteiger partial charge in [-0.3, -0.25) is 9.78 Å². The molecule has 0 radical (unpaired) electrons. The van der Waals surface area contributed by atoms with Gasteiger partial charge in [0, 0.05) is 42.0 Å². The summed E-state index contributed by atoms with van der Waals surface area (Å²) in [5.74, 6) is -4.40. The van der Waals surface area contributed by atoms with E-state index in [9.17, 15) is 22.4 Å². The molecule has 1 aromatic carbocycles. The van der Waals surface area contributed by atoms with Crippen molar-refractivity contribution in [3.63, 3.8) is 0 Å². The summed E-state index contributed by atoms with van der Waals surface area (Å²) in [5.41, 5.74) is 0.678. The number of oxazole rings is 1. The second-order valence-electron chi connectivity index (χ2n) is 9.02. The number of amides is 1. The molecular formula is C25H23F4N3O2. The maximum Gasteiger partial charge on any atom is 0.293 e. The lowest BCUT2D eigenvalue weighted by Gasteiger charge is -2.29. The number of carbonyl (C=O) groups is 1. The summed E-state index contributed by atoms with van der Waals surface area (Å²) in [5, 5.41) is 2.74. The second kappa shape index (κ2) is 8.85. The Kier molecular flexibility index (Phi) is 5.87. The minimum absolute atomic E-state index is 0.0162. The van der Waals surface area contributed by atoms with Gasteiger partial charge < -0.3 is 9.73 Å². The molecule has 9 heteroatoms. The van der Waals surface area contributed by atoms with Crippen LogP contribution >= 0.6 is 0 Å². The normalized spacial score (nSPS) is 18.5. The van der Waals surface area contributed by atoms with E-state index in [-0.39, 0.29) is 60.1 Å². The molecule has 2 heterocycles. The van der Waals surface area contributed by atoms with Crippen molar-refractivity contribution >= 4 is 11.6 Å². The lowest BCUT2D eigenvalue weighted by Crippen LogP contribution is -2.25. The van der Waals surface area contributed by atoms with Crippen LogP contribution in [-0.4, -0.2) is 21.8 Å². The Bertz CT molecular complexity index is 1210. The Balaban J connectivity index is 1.53. The van der Waals surface area contributed by atoms with Gasteiger partial charge >= 0.3 is 0 Å². The first-order valence-corrected chi connectivity index (χ1v) is 11.4. The third kappa shape index (κ3) is 4.43. The number of anilines is 1. The number of alkyl halides is 2. The Morgan fingerprint density at radius 1 is 1.00 bits per heavy atom. The van der Waals surface area contributed by atoms with Crippen LogP contribution in [0.2, 0.25) is 0 Å². The van der Waals surface area contributed by atoms with Crippen LogP contribution in [0.3, 0.4) is 0 Å². The molecule has 2 aliphatic rings. The smallest absolute Gasteiger partial charge is 0.293 e. The number of benzene rings is 1. The zero-order valence-electron chi connectivity index (χ0n) is 18.3. The van der Waals surface area contributed by atoms with Gasteiger partial charge in [-0.1, -0.05) is 6.42 Å². The number of halogens is 4. The molecule has 0 bridgehead atoms. The van der Waals surface area contributed by atoms with Crippen molar-refractivity contribution in [2.75, 3.05) is 5.32 Å². The van der Waals surface area contributed by atoms with Crippen LogP contribution in [0.4, 0.5) is 23.2 Å². The predicted octanol–water partition coefficient (Wildman–Crippen LogP) is 6.83. The molecule has 1 amide bonds. The minimum Gasteiger partial charge on any atom is -0.435 e. The Labute approximate surface area is 193 Å². The van der Waals surface area contributed by atoms with E-state index in [1.54, 1.807) is 0 Å². The van der Waals surface area contributed by atoms with Crippen molar-refractivity contribution in [3.8, 4) is 11.1 Å². The first-order valence-electron chi connectivity index (χ1n) is 11.4. The molecule has 2 saturated carbocycles. The van der Waals surface area contributed by atoms with Crippen molar-refractivity contribution in [2.45, 2.75) is 62.7 Å². The van der Waals surface area contributed by atoms with Crippen LogP contribution in [0.15, 0.2) is 41.1 Å². The highest BCUT2D eigenvalue weighted by atomic mass is 19.3. The van der Waals surface area contributed by atoms with Gasteiger partial charge in [-0.2, -0.15) is 0 Å². The summed E-state index contributed by atoms with van der Waals surface area (Å²) in [6.45, 7) is 0. The van der Waals surface area contributed by atoms with Gasteiger partial charge in [0.25, 0.3) is 5.91 Å². The van der Waals surface area contributed by atoms with Crippen LogP contribution in [0, 0.1) is 11.6 Å². The fourth-order valence-corrected chi connectivity index (χ4v) is 4.57. The molecule has 3 aromatic rings. The topological polar surface area (TPSA) is 68.0 Å². The standard InChI is InChI=1S/C25H23F4N3O2/c26-16-4-5-19(27)18(12-16)17-8-11-30-21(14-6-9-25(28,29)10-7-14)22(17)32-23(33)20-13-31-24(34-20)15-2-1-3-15/h4-5,8,11-15H,1-3,6-7,9-10H2,(H,32,33). The maximum atomic E-state index is 14.7. The predicted molar refractivity (Wildman–Crippen MR) is 117 cm³/mol. The fourth-order valence-electron chi connectivity index (χ4n) is 4.57. The fraction of sp³-hybridized carbons (Fsp3) is 0.400. The molecule has 0 saturated heterocycles. The number of pyridine rings is 1. The Hall–Kier alpha value is -3.23. The van der Waals surface area contributed by atoms with Crippen LogP contribution in [0.25, 0.3) is 11.1 Å². The zero-order chi connectivity index (χ0) is 23.9. The van der Waals surface area contributed by atoms with Crippen molar-refractivity contribution in [2.24, 2.45) is 0 Å². The number of hydrogen-bond donors (Lipinski definition) is 1. The van der Waals surface area contributed by atoms with E-state index in [4.69, 9.17) is 4.42 Å². The summed E-state index contributed by atoms with van der Waals surface area (Å²) in [4.78, 5) is 21.6. The van der Waals surface area contributed by atoms with E-state index in [0.717, 1.165) is 37.5 Å². The summed E-state index contributed by atoms with van der Waals surface area (Å²) in [6.07, 6.45) is 5.43. The van der Waals surface area contributed by atoms with Crippen molar-refractivity contribution in [3.05, 3.63) is 65.6 Å². The van der Waals surface area contributed by atoms with Gasteiger partial charge in [-0.05, 0) is 49.9 Å². The lowest BCUT2D eigenvalue weighted by atomic mass is 9.83. The average molecular weight is 473 g/mol. The first-order chi connectivity index (χ1) is 16.3. The number of hydrogen-bond acceptors (Lipinski definition) is 4. The van der Waals surface area contributed by atoms with Gasteiger partial charge in [0.1, 0.15) is 11.6 Å². The minimum atomic E-state index is -2.75. The molecule has 0 atom stereocenters. The number of carbonyl (C=O) groups excluding carboxylic acids is 1. The van der Waals surface area contributed by atoms with Gasteiger partial charge in [0.2, 0.25) is 11.7 Å². The quantitative estimate of drug-likeness (QED) is 0.413. The molecule has 2 fully saturated rings. The van der Waals surface area contributed by atoms with Crippen LogP contribution < -0.4 is 5.32 Å². The first kappa shape index (κ1) is 22.6. The largest absolute Gasteiger partial charge is 0.435 e. The van der Waals surface area contributed by atoms with E-state index in [1.165, 1.54) is 18.5 Å². The van der Waals surface area contributed by atoms with Gasteiger partial charge in [0.05, 0.1) is 17.6 Å². The lowest BCUT2D eigenvalue weighted by molar-refractivity contribution is -0.0384. The van der Waals surface area contributed by atoms with E-state index >= 15 is 0 Å². The highest BCUT2D eigenvalue weighted by molar-refractivity contribution is 6.05. The summed E-state index contributed by atoms with van der Waals surface area (Å²) < 4.78 is 61.8. The average Bonchev–Trinajstić information content (AvgIpc) is 3.24. The molecule has 34 heavy (non-hydrogen) atoms. The number of nitrogens with zero attached hydrogens (tertiary/aromatic N) is 2. The molecule has 5 rings (SSSR count). The summed E-state index contributed by atoms with van der Waals surface area (Å²) in [7, 11) is 0. The van der Waals surface area contributed by atoms with Crippen molar-refractivity contribution < 1.29 is 26.8 Å². The molecule has 5 nitrogen and oxygen atoms in total. The Morgan fingerprint density at radius 2 is 1.76 bits per heavy atom. The van der Waals surface area contributed by atoms with E-state index < -0.39 is 23.5 Å². The Morgan fingerprint density at radius 3 is 2.47 bits per heavy atom. The van der Waals surface area contributed by atoms with Gasteiger partial charge in [0.15, 0.2) is 5.89 Å². The van der Waals surface area contributed by atoms with Crippen molar-refractivity contribution in [1.29, 1.82) is 0 Å². The molecule has 1 N–H and O–H groups in total. The maximum absolute atomic E-state index is 14.7. The molecule has 2 aliphatic carbocycles. The molecule has 0 aliphatic heterocycles. The van der Waals surface area contributed by atoms with Crippen LogP contribution in [0.1, 0.15) is 78.9 Å². The SMILES string of the molecule is O=C(Nc1c(-c2cc(F)ccc2F)ccnc1C1CCC(F)(F)CC1)c1cnc(C2CCC2)o1. The molecule has 0 unspecified atom stereocenters. The highest BCUT2D eigenvalue weighted by Crippen LogP contribution is 2.44. The van der Waals surface area contributed by atoms with Crippen LogP contribution in [-0.2, 0) is 0 Å².